The number of carbonyl (C=O) groups excluding carboxylic acids is 2. The summed E-state index contributed by atoms with van der Waals surface area (Å²) in [6.07, 6.45) is 0. The smallest absolute Gasteiger partial charge is 0.343 e. The molecule has 1 N–H and O–H groups in total. The van der Waals surface area contributed by atoms with Gasteiger partial charge in [0, 0.05) is 17.0 Å². The second-order valence-electron chi connectivity index (χ2n) is 5.08. The fourth-order valence-corrected chi connectivity index (χ4v) is 2.61. The number of esters is 2. The molecule has 0 radical (unpaired) electrons. The number of benzene rings is 1. The maximum Gasteiger partial charge on any atom is 0.343 e. The Bertz CT molecular complexity index is 794. The zero-order valence-corrected chi connectivity index (χ0v) is 15.0. The van der Waals surface area contributed by atoms with Crippen LogP contribution in [-0.2, 0) is 20.8 Å². The van der Waals surface area contributed by atoms with Crippen LogP contribution < -0.4 is 10.1 Å². The van der Waals surface area contributed by atoms with E-state index < -0.39 is 5.97 Å². The summed E-state index contributed by atoms with van der Waals surface area (Å²) in [5.41, 5.74) is 1.59. The van der Waals surface area contributed by atoms with Crippen LogP contribution in [0.5, 0.6) is 5.88 Å². The number of ether oxygens (including phenoxy) is 3. The second kappa shape index (κ2) is 8.64. The molecule has 0 saturated heterocycles. The summed E-state index contributed by atoms with van der Waals surface area (Å²) in [7, 11) is 2.71. The molecule has 0 unspecified atom stereocenters. The molecular formula is C17H19ClN2O5. The van der Waals surface area contributed by atoms with Crippen molar-refractivity contribution in [2.45, 2.75) is 13.5 Å². The quantitative estimate of drug-likeness (QED) is 0.752. The summed E-state index contributed by atoms with van der Waals surface area (Å²) in [4.78, 5) is 27.7. The first-order chi connectivity index (χ1) is 12.0. The van der Waals surface area contributed by atoms with Gasteiger partial charge < -0.3 is 19.5 Å². The van der Waals surface area contributed by atoms with E-state index in [0.29, 0.717) is 29.1 Å². The summed E-state index contributed by atoms with van der Waals surface area (Å²) in [5, 5.41) is 4.14. The van der Waals surface area contributed by atoms with E-state index in [9.17, 15) is 9.59 Å². The number of aromatic nitrogens is 1. The number of methoxy groups -OCH3 is 2. The number of hydrogen-bond donors (Lipinski definition) is 1. The van der Waals surface area contributed by atoms with Crippen LogP contribution in [-0.4, -0.2) is 44.3 Å². The summed E-state index contributed by atoms with van der Waals surface area (Å²) in [5.74, 6) is -0.728. The molecule has 0 aliphatic rings. The van der Waals surface area contributed by atoms with Crippen LogP contribution in [0, 0.1) is 0 Å². The topological polar surface area (TPSA) is 86.8 Å². The molecule has 1 aromatic carbocycles. The highest BCUT2D eigenvalue weighted by molar-refractivity contribution is 6.31. The Morgan fingerprint density at radius 3 is 2.64 bits per heavy atom. The van der Waals surface area contributed by atoms with Crippen LogP contribution in [0.4, 0.5) is 0 Å². The molecule has 134 valence electrons. The number of fused-ring (bicyclic) bond motifs is 1. The minimum atomic E-state index is -0.548. The fraction of sp³-hybridized carbons (Fsp3) is 0.353. The van der Waals surface area contributed by atoms with Crippen LogP contribution in [0.1, 0.15) is 22.8 Å². The highest BCUT2D eigenvalue weighted by Gasteiger charge is 2.17. The zero-order valence-electron chi connectivity index (χ0n) is 14.2. The van der Waals surface area contributed by atoms with Crippen LogP contribution in [0.3, 0.4) is 0 Å². The fourth-order valence-electron chi connectivity index (χ4n) is 2.36. The van der Waals surface area contributed by atoms with Crippen LogP contribution in [0.2, 0.25) is 5.02 Å². The Morgan fingerprint density at radius 1 is 1.24 bits per heavy atom. The first-order valence-corrected chi connectivity index (χ1v) is 7.99. The maximum absolute atomic E-state index is 11.9. The lowest BCUT2D eigenvalue weighted by atomic mass is 10.1. The van der Waals surface area contributed by atoms with Gasteiger partial charge in [-0.3, -0.25) is 4.79 Å². The molecule has 0 bridgehead atoms. The first-order valence-electron chi connectivity index (χ1n) is 7.62. The molecule has 0 amide bonds. The van der Waals surface area contributed by atoms with Crippen molar-refractivity contribution >= 4 is 34.4 Å². The number of carbonyl (C=O) groups is 2. The van der Waals surface area contributed by atoms with Crippen LogP contribution in [0.15, 0.2) is 18.2 Å². The Morgan fingerprint density at radius 2 is 2.00 bits per heavy atom. The van der Waals surface area contributed by atoms with Gasteiger partial charge >= 0.3 is 11.9 Å². The minimum absolute atomic E-state index is 0.0687. The number of pyridine rings is 1. The van der Waals surface area contributed by atoms with Gasteiger partial charge in [-0.1, -0.05) is 11.6 Å². The largest absolute Gasteiger partial charge is 0.480 e. The SMILES string of the molecule is CCOC(=O)CNCc1cc(Cl)cc2cc(C(=O)OC)c(OC)nc12. The molecular weight excluding hydrogens is 348 g/mol. The van der Waals surface area contributed by atoms with Gasteiger partial charge in [0.1, 0.15) is 5.56 Å². The molecule has 0 aliphatic heterocycles. The van der Waals surface area contributed by atoms with E-state index in [1.807, 2.05) is 0 Å². The van der Waals surface area contributed by atoms with Crippen molar-refractivity contribution in [1.29, 1.82) is 0 Å². The van der Waals surface area contributed by atoms with Crippen molar-refractivity contribution in [3.63, 3.8) is 0 Å². The van der Waals surface area contributed by atoms with Crippen molar-refractivity contribution < 1.29 is 23.8 Å². The molecule has 2 rings (SSSR count). The number of hydrogen-bond acceptors (Lipinski definition) is 7. The average Bonchev–Trinajstić information content (AvgIpc) is 2.60. The van der Waals surface area contributed by atoms with Gasteiger partial charge in [-0.25, -0.2) is 9.78 Å². The number of nitrogens with one attached hydrogen (secondary N) is 1. The zero-order chi connectivity index (χ0) is 18.4. The Labute approximate surface area is 150 Å². The second-order valence-corrected chi connectivity index (χ2v) is 5.52. The van der Waals surface area contributed by atoms with Gasteiger partial charge in [-0.15, -0.1) is 0 Å². The minimum Gasteiger partial charge on any atom is -0.480 e. The standard InChI is InChI=1S/C17H19ClN2O5/c1-4-25-14(21)9-19-8-11-6-12(18)5-10-7-13(17(22)24-3)16(23-2)20-15(10)11/h5-7,19H,4,8-9H2,1-3H3. The molecule has 0 spiro atoms. The van der Waals surface area contributed by atoms with Gasteiger partial charge in [0.25, 0.3) is 0 Å². The highest BCUT2D eigenvalue weighted by atomic mass is 35.5. The third kappa shape index (κ3) is 4.58. The number of halogens is 1. The molecule has 8 heteroatoms. The first kappa shape index (κ1) is 19.0. The molecule has 0 aliphatic carbocycles. The predicted octanol–water partition coefficient (Wildman–Crippen LogP) is 2.34. The number of nitrogens with zero attached hydrogens (tertiary/aromatic N) is 1. The summed E-state index contributed by atoms with van der Waals surface area (Å²) in [6, 6.07) is 5.06. The monoisotopic (exact) mass is 366 g/mol. The van der Waals surface area contributed by atoms with E-state index in [0.717, 1.165) is 5.56 Å². The molecule has 0 saturated carbocycles. The summed E-state index contributed by atoms with van der Waals surface area (Å²) in [6.45, 7) is 2.50. The third-order valence-electron chi connectivity index (χ3n) is 3.42. The van der Waals surface area contributed by atoms with Crippen LogP contribution >= 0.6 is 11.6 Å². The van der Waals surface area contributed by atoms with E-state index in [4.69, 9.17) is 25.8 Å². The van der Waals surface area contributed by atoms with Gasteiger partial charge in [0.2, 0.25) is 5.88 Å². The molecule has 1 heterocycles. The van der Waals surface area contributed by atoms with E-state index >= 15 is 0 Å². The van der Waals surface area contributed by atoms with Gasteiger partial charge in [-0.2, -0.15) is 0 Å². The van der Waals surface area contributed by atoms with Crippen molar-refractivity contribution in [2.75, 3.05) is 27.4 Å². The summed E-state index contributed by atoms with van der Waals surface area (Å²) >= 11 is 6.16. The lowest BCUT2D eigenvalue weighted by molar-refractivity contribution is -0.142. The molecule has 0 atom stereocenters. The third-order valence-corrected chi connectivity index (χ3v) is 3.63. The van der Waals surface area contributed by atoms with E-state index in [1.54, 1.807) is 25.1 Å². The summed E-state index contributed by atoms with van der Waals surface area (Å²) < 4.78 is 14.8. The molecule has 0 fully saturated rings. The Hall–Kier alpha value is -2.38. The average molecular weight is 367 g/mol. The van der Waals surface area contributed by atoms with Crippen molar-refractivity contribution in [2.24, 2.45) is 0 Å². The van der Waals surface area contributed by atoms with Gasteiger partial charge in [0.05, 0.1) is 32.9 Å². The lowest BCUT2D eigenvalue weighted by Crippen LogP contribution is -2.24. The van der Waals surface area contributed by atoms with Crippen molar-refractivity contribution in [3.05, 3.63) is 34.3 Å². The Kier molecular flexibility index (Phi) is 6.55. The van der Waals surface area contributed by atoms with Crippen molar-refractivity contribution in [1.82, 2.24) is 10.3 Å². The number of rotatable bonds is 7. The van der Waals surface area contributed by atoms with Crippen LogP contribution in [0.25, 0.3) is 10.9 Å². The van der Waals surface area contributed by atoms with Crippen molar-refractivity contribution in [3.8, 4) is 5.88 Å². The predicted molar refractivity (Wildman–Crippen MR) is 93.0 cm³/mol. The van der Waals surface area contributed by atoms with E-state index in [2.05, 4.69) is 10.3 Å². The van der Waals surface area contributed by atoms with Gasteiger partial charge in [0.15, 0.2) is 0 Å². The molecule has 2 aromatic rings. The van der Waals surface area contributed by atoms with E-state index in [1.165, 1.54) is 14.2 Å². The Balaban J connectivity index is 2.37. The maximum atomic E-state index is 11.9. The molecule has 25 heavy (non-hydrogen) atoms. The molecule has 7 nitrogen and oxygen atoms in total. The van der Waals surface area contributed by atoms with Gasteiger partial charge in [-0.05, 0) is 30.7 Å². The molecule has 1 aromatic heterocycles. The van der Waals surface area contributed by atoms with E-state index in [-0.39, 0.29) is 24.0 Å². The lowest BCUT2D eigenvalue weighted by Gasteiger charge is -2.12. The normalized spacial score (nSPS) is 10.6. The highest BCUT2D eigenvalue weighted by Crippen LogP contribution is 2.28.